The Labute approximate surface area is 236 Å². The molecule has 0 spiro atoms. The number of nitrogens with zero attached hydrogens (tertiary/aromatic N) is 2. The Morgan fingerprint density at radius 2 is 0.816 bits per heavy atom. The molecule has 2 rings (SSSR count). The van der Waals surface area contributed by atoms with E-state index in [1.165, 1.54) is 0 Å². The van der Waals surface area contributed by atoms with Crippen molar-refractivity contribution in [3.05, 3.63) is 60.2 Å². The van der Waals surface area contributed by atoms with Crippen LogP contribution in [0.4, 0.5) is 0 Å². The quantitative estimate of drug-likeness (QED) is 0.245. The third-order valence-corrected chi connectivity index (χ3v) is 21.3. The van der Waals surface area contributed by atoms with Gasteiger partial charge in [0.1, 0.15) is 16.1 Å². The van der Waals surface area contributed by atoms with Crippen LogP contribution in [0, 0.1) is 22.9 Å². The molecule has 0 N–H and O–H groups in total. The second kappa shape index (κ2) is 13.6. The standard InChI is InChI=1S/C34H50N2Si2/c1-25(2)37(26(3)4,27(5)6)21-17-33(31-15-13-19-35-23-31)34(32-16-14-20-36-24-32)18-22-38(28(7)8,29(9)10)30(11)12/h13-16,19-20,23-30H,1-12H3/b34-33-. The fourth-order valence-corrected chi connectivity index (χ4v) is 17.2. The van der Waals surface area contributed by atoms with E-state index in [1.807, 2.05) is 36.9 Å². The average Bonchev–Trinajstić information content (AvgIpc) is 2.85. The van der Waals surface area contributed by atoms with E-state index in [4.69, 9.17) is 0 Å². The Balaban J connectivity index is 3.07. The van der Waals surface area contributed by atoms with Gasteiger partial charge in [-0.15, -0.1) is 11.1 Å². The lowest BCUT2D eigenvalue weighted by Crippen LogP contribution is -2.43. The molecule has 0 fully saturated rings. The number of allylic oxidation sites excluding steroid dienone is 2. The summed E-state index contributed by atoms with van der Waals surface area (Å²) in [5.41, 5.74) is 15.3. The molecule has 204 valence electrons. The SMILES string of the molecule is CC(C)[Si](C#C/C(=C(\C#C[Si](C(C)C)(C(C)C)C(C)C)c1cccnc1)c1cccnc1)(C(C)C)C(C)C. The molecule has 0 saturated heterocycles. The van der Waals surface area contributed by atoms with Crippen molar-refractivity contribution < 1.29 is 0 Å². The van der Waals surface area contributed by atoms with Crippen molar-refractivity contribution in [2.45, 2.75) is 116 Å². The van der Waals surface area contributed by atoms with E-state index in [1.54, 1.807) is 0 Å². The zero-order chi connectivity index (χ0) is 28.7. The van der Waals surface area contributed by atoms with Gasteiger partial charge in [0.2, 0.25) is 0 Å². The van der Waals surface area contributed by atoms with Crippen LogP contribution in [0.1, 0.15) is 94.2 Å². The molecule has 2 nitrogen and oxygen atoms in total. The summed E-state index contributed by atoms with van der Waals surface area (Å²) in [5, 5.41) is 0. The highest BCUT2D eigenvalue weighted by Gasteiger charge is 2.43. The molecule has 38 heavy (non-hydrogen) atoms. The van der Waals surface area contributed by atoms with Gasteiger partial charge in [-0.2, -0.15) is 0 Å². The molecule has 2 heterocycles. The highest BCUT2D eigenvalue weighted by atomic mass is 28.3. The molecule has 0 saturated carbocycles. The van der Waals surface area contributed by atoms with Crippen LogP contribution in [-0.2, 0) is 0 Å². The van der Waals surface area contributed by atoms with Gasteiger partial charge in [-0.25, -0.2) is 0 Å². The summed E-state index contributed by atoms with van der Waals surface area (Å²) < 4.78 is 0. The van der Waals surface area contributed by atoms with Crippen LogP contribution in [-0.4, -0.2) is 26.1 Å². The lowest BCUT2D eigenvalue weighted by atomic mass is 9.97. The first-order valence-corrected chi connectivity index (χ1v) is 18.9. The molecule has 0 aliphatic rings. The number of pyridine rings is 2. The van der Waals surface area contributed by atoms with Crippen LogP contribution in [0.3, 0.4) is 0 Å². The van der Waals surface area contributed by atoms with Crippen LogP contribution in [0.15, 0.2) is 49.1 Å². The van der Waals surface area contributed by atoms with Gasteiger partial charge in [0, 0.05) is 47.1 Å². The van der Waals surface area contributed by atoms with Gasteiger partial charge in [-0.1, -0.05) is 107 Å². The molecule has 4 heteroatoms. The molecule has 2 aromatic heterocycles. The maximum Gasteiger partial charge on any atom is 0.146 e. The van der Waals surface area contributed by atoms with Crippen molar-refractivity contribution in [1.82, 2.24) is 9.97 Å². The van der Waals surface area contributed by atoms with Crippen LogP contribution >= 0.6 is 0 Å². The highest BCUT2D eigenvalue weighted by Crippen LogP contribution is 2.42. The van der Waals surface area contributed by atoms with Gasteiger partial charge in [0.05, 0.1) is 0 Å². The van der Waals surface area contributed by atoms with E-state index in [0.29, 0.717) is 33.2 Å². The minimum atomic E-state index is -1.95. The lowest BCUT2D eigenvalue weighted by Gasteiger charge is -2.38. The van der Waals surface area contributed by atoms with E-state index >= 15 is 0 Å². The smallest absolute Gasteiger partial charge is 0.146 e. The summed E-state index contributed by atoms with van der Waals surface area (Å²) in [7, 11) is -3.91. The first-order valence-electron chi connectivity index (χ1n) is 14.4. The topological polar surface area (TPSA) is 25.8 Å². The Kier molecular flexibility index (Phi) is 11.4. The van der Waals surface area contributed by atoms with Crippen LogP contribution < -0.4 is 0 Å². The van der Waals surface area contributed by atoms with Crippen molar-refractivity contribution >= 4 is 27.3 Å². The third kappa shape index (κ3) is 6.59. The molecule has 0 bridgehead atoms. The maximum atomic E-state index is 4.48. The Hall–Kier alpha value is -2.41. The third-order valence-electron chi connectivity index (χ3n) is 8.69. The fourth-order valence-electron chi connectivity index (χ4n) is 6.79. The minimum Gasteiger partial charge on any atom is -0.264 e. The predicted octanol–water partition coefficient (Wildman–Crippen LogP) is 9.83. The Morgan fingerprint density at radius 1 is 0.526 bits per heavy atom. The number of hydrogen-bond donors (Lipinski definition) is 0. The Morgan fingerprint density at radius 3 is 1.03 bits per heavy atom. The van der Waals surface area contributed by atoms with Gasteiger partial charge in [0.15, 0.2) is 0 Å². The molecular formula is C34H50N2Si2. The molecule has 0 atom stereocenters. The zero-order valence-electron chi connectivity index (χ0n) is 26.0. The largest absolute Gasteiger partial charge is 0.264 e. The Bertz CT molecular complexity index is 1050. The molecule has 0 aliphatic heterocycles. The summed E-state index contributed by atoms with van der Waals surface area (Å²) in [4.78, 5) is 8.96. The maximum absolute atomic E-state index is 4.48. The summed E-state index contributed by atoms with van der Waals surface area (Å²) in [6, 6.07) is 8.24. The van der Waals surface area contributed by atoms with E-state index in [9.17, 15) is 0 Å². The summed E-state index contributed by atoms with van der Waals surface area (Å²) in [6.45, 7) is 28.4. The highest BCUT2D eigenvalue weighted by molar-refractivity contribution is 6.91. The van der Waals surface area contributed by atoms with Crippen LogP contribution in [0.25, 0.3) is 11.1 Å². The normalized spacial score (nSPS) is 13.1. The number of aromatic nitrogens is 2. The molecule has 0 unspecified atom stereocenters. The first kappa shape index (κ1) is 31.8. The van der Waals surface area contributed by atoms with Crippen molar-refractivity contribution in [3.8, 4) is 22.9 Å². The molecular weight excluding hydrogens is 493 g/mol. The zero-order valence-corrected chi connectivity index (χ0v) is 28.0. The van der Waals surface area contributed by atoms with E-state index in [2.05, 4.69) is 128 Å². The van der Waals surface area contributed by atoms with Crippen LogP contribution in [0.5, 0.6) is 0 Å². The molecule has 0 radical (unpaired) electrons. The van der Waals surface area contributed by atoms with Gasteiger partial charge in [-0.05, 0) is 45.4 Å². The van der Waals surface area contributed by atoms with E-state index in [0.717, 1.165) is 22.3 Å². The van der Waals surface area contributed by atoms with E-state index < -0.39 is 16.1 Å². The van der Waals surface area contributed by atoms with Gasteiger partial charge in [-0.3, -0.25) is 9.97 Å². The number of rotatable bonds is 8. The van der Waals surface area contributed by atoms with Crippen molar-refractivity contribution in [2.75, 3.05) is 0 Å². The van der Waals surface area contributed by atoms with Crippen molar-refractivity contribution in [3.63, 3.8) is 0 Å². The van der Waals surface area contributed by atoms with Crippen molar-refractivity contribution in [2.24, 2.45) is 0 Å². The minimum absolute atomic E-state index is 0.556. The second-order valence-electron chi connectivity index (χ2n) is 12.5. The molecule has 2 aromatic rings. The first-order chi connectivity index (χ1) is 17.8. The summed E-state index contributed by atoms with van der Waals surface area (Å²) >= 11 is 0. The predicted molar refractivity (Wildman–Crippen MR) is 173 cm³/mol. The fraction of sp³-hybridized carbons (Fsp3) is 0.529. The monoisotopic (exact) mass is 542 g/mol. The summed E-state index contributed by atoms with van der Waals surface area (Å²) in [5.74, 6) is 7.56. The van der Waals surface area contributed by atoms with Gasteiger partial charge in [0.25, 0.3) is 0 Å². The molecule has 0 aliphatic carbocycles. The lowest BCUT2D eigenvalue weighted by molar-refractivity contribution is 0.838. The molecule has 0 aromatic carbocycles. The van der Waals surface area contributed by atoms with Crippen LogP contribution in [0.2, 0.25) is 33.2 Å². The van der Waals surface area contributed by atoms with Crippen molar-refractivity contribution in [1.29, 1.82) is 0 Å². The second-order valence-corrected chi connectivity index (χ2v) is 23.7. The molecule has 0 amide bonds. The van der Waals surface area contributed by atoms with Gasteiger partial charge >= 0.3 is 0 Å². The van der Waals surface area contributed by atoms with Gasteiger partial charge < -0.3 is 0 Å². The average molecular weight is 543 g/mol. The number of hydrogen-bond acceptors (Lipinski definition) is 2. The summed E-state index contributed by atoms with van der Waals surface area (Å²) in [6.07, 6.45) is 7.52. The van der Waals surface area contributed by atoms with E-state index in [-0.39, 0.29) is 0 Å².